The predicted octanol–water partition coefficient (Wildman–Crippen LogP) is 3.42. The molecule has 0 unspecified atom stereocenters. The van der Waals surface area contributed by atoms with Gasteiger partial charge in [-0.05, 0) is 36.4 Å². The van der Waals surface area contributed by atoms with Gasteiger partial charge in [0.2, 0.25) is 9.84 Å². The van der Waals surface area contributed by atoms with Crippen molar-refractivity contribution < 1.29 is 17.6 Å². The van der Waals surface area contributed by atoms with E-state index in [1.54, 1.807) is 0 Å². The summed E-state index contributed by atoms with van der Waals surface area (Å²) in [6.45, 7) is 0. The van der Waals surface area contributed by atoms with Crippen LogP contribution in [0.2, 0.25) is 5.02 Å². The van der Waals surface area contributed by atoms with Crippen molar-refractivity contribution in [2.24, 2.45) is 0 Å². The van der Waals surface area contributed by atoms with Crippen molar-refractivity contribution in [3.8, 4) is 0 Å². The van der Waals surface area contributed by atoms with Gasteiger partial charge in [-0.3, -0.25) is 4.79 Å². The molecule has 0 aliphatic heterocycles. The zero-order chi connectivity index (χ0) is 18.0. The van der Waals surface area contributed by atoms with Crippen molar-refractivity contribution in [2.75, 3.05) is 5.32 Å². The van der Waals surface area contributed by atoms with E-state index in [1.165, 1.54) is 48.5 Å². The maximum atomic E-state index is 13.6. The smallest absolute Gasteiger partial charge is 0.278 e. The van der Waals surface area contributed by atoms with Crippen LogP contribution in [-0.2, 0) is 9.84 Å². The van der Waals surface area contributed by atoms with Crippen LogP contribution in [-0.4, -0.2) is 23.9 Å². The molecule has 0 fully saturated rings. The van der Waals surface area contributed by atoms with Crippen molar-refractivity contribution >= 4 is 44.6 Å². The Hall–Kier alpha value is -2.36. The summed E-state index contributed by atoms with van der Waals surface area (Å²) in [4.78, 5) is 12.3. The van der Waals surface area contributed by atoms with Gasteiger partial charge in [-0.2, -0.15) is 0 Å². The summed E-state index contributed by atoms with van der Waals surface area (Å²) < 4.78 is 42.2. The second-order valence-electron chi connectivity index (χ2n) is 4.80. The summed E-state index contributed by atoms with van der Waals surface area (Å²) >= 11 is 6.32. The first-order valence-electron chi connectivity index (χ1n) is 6.78. The molecule has 0 aliphatic rings. The molecule has 0 spiro atoms. The first-order valence-corrected chi connectivity index (χ1v) is 9.42. The first-order chi connectivity index (χ1) is 11.9. The highest BCUT2D eigenvalue weighted by molar-refractivity contribution is 7.93. The van der Waals surface area contributed by atoms with Crippen molar-refractivity contribution in [3.05, 3.63) is 65.1 Å². The number of carbonyl (C=O) groups excluding carboxylic acids is 1. The molecule has 1 N–H and O–H groups in total. The topological polar surface area (TPSA) is 89.0 Å². The molecule has 128 valence electrons. The largest absolute Gasteiger partial charge is 0.318 e. The third kappa shape index (κ3) is 3.53. The Kier molecular flexibility index (Phi) is 4.80. The number of hydrogen-bond donors (Lipinski definition) is 1. The number of sulfone groups is 1. The molecule has 1 heterocycles. The molecule has 0 saturated carbocycles. The van der Waals surface area contributed by atoms with Crippen LogP contribution < -0.4 is 5.32 Å². The Balaban J connectivity index is 1.96. The molecule has 3 aromatic rings. The summed E-state index contributed by atoms with van der Waals surface area (Å²) in [7, 11) is -4.01. The first kappa shape index (κ1) is 17.5. The fourth-order valence-electron chi connectivity index (χ4n) is 1.96. The average Bonchev–Trinajstić information content (AvgIpc) is 3.08. The van der Waals surface area contributed by atoms with Crippen LogP contribution in [0.5, 0.6) is 0 Å². The van der Waals surface area contributed by atoms with Crippen molar-refractivity contribution in [1.82, 2.24) is 9.59 Å². The minimum atomic E-state index is -4.01. The van der Waals surface area contributed by atoms with E-state index in [4.69, 9.17) is 11.6 Å². The molecule has 3 rings (SSSR count). The van der Waals surface area contributed by atoms with Gasteiger partial charge in [-0.1, -0.05) is 28.2 Å². The molecule has 25 heavy (non-hydrogen) atoms. The Morgan fingerprint density at radius 3 is 2.48 bits per heavy atom. The zero-order valence-electron chi connectivity index (χ0n) is 12.3. The van der Waals surface area contributed by atoms with Crippen molar-refractivity contribution in [1.29, 1.82) is 0 Å². The van der Waals surface area contributed by atoms with E-state index in [0.717, 1.165) is 0 Å². The van der Waals surface area contributed by atoms with Gasteiger partial charge < -0.3 is 5.32 Å². The fraction of sp³-hybridized carbons (Fsp3) is 0. The highest BCUT2D eigenvalue weighted by atomic mass is 35.5. The molecule has 2 aromatic carbocycles. The average molecular weight is 398 g/mol. The molecule has 0 saturated heterocycles. The molecule has 0 bridgehead atoms. The Morgan fingerprint density at radius 1 is 1.12 bits per heavy atom. The summed E-state index contributed by atoms with van der Waals surface area (Å²) in [6, 6.07) is 11.0. The van der Waals surface area contributed by atoms with Gasteiger partial charge in [-0.25, -0.2) is 12.8 Å². The molecule has 0 radical (unpaired) electrons. The fourth-order valence-corrected chi connectivity index (χ4v) is 4.38. The second-order valence-corrected chi connectivity index (χ2v) is 8.14. The highest BCUT2D eigenvalue weighted by Crippen LogP contribution is 2.27. The van der Waals surface area contributed by atoms with E-state index in [-0.39, 0.29) is 14.8 Å². The normalized spacial score (nSPS) is 11.3. The summed E-state index contributed by atoms with van der Waals surface area (Å²) in [5, 5.41) is 6.24. The van der Waals surface area contributed by atoms with Gasteiger partial charge in [0, 0.05) is 16.6 Å². The van der Waals surface area contributed by atoms with E-state index < -0.39 is 27.3 Å². The SMILES string of the molecule is O=C(Nc1ccccc1F)c1nnsc1S(=O)(=O)c1ccc(Cl)cc1. The lowest BCUT2D eigenvalue weighted by molar-refractivity contribution is 0.101. The number of nitrogens with zero attached hydrogens (tertiary/aromatic N) is 2. The van der Waals surface area contributed by atoms with Gasteiger partial charge in [-0.15, -0.1) is 5.10 Å². The quantitative estimate of drug-likeness (QED) is 0.728. The van der Waals surface area contributed by atoms with Crippen LogP contribution >= 0.6 is 23.1 Å². The Labute approximate surface area is 151 Å². The van der Waals surface area contributed by atoms with E-state index in [9.17, 15) is 17.6 Å². The van der Waals surface area contributed by atoms with E-state index in [1.807, 2.05) is 0 Å². The molecule has 1 amide bonds. The summed E-state index contributed by atoms with van der Waals surface area (Å²) in [5.41, 5.74) is -0.487. The van der Waals surface area contributed by atoms with Gasteiger partial charge in [0.15, 0.2) is 9.90 Å². The van der Waals surface area contributed by atoms with E-state index in [2.05, 4.69) is 14.9 Å². The molecular weight excluding hydrogens is 389 g/mol. The number of halogens is 2. The zero-order valence-corrected chi connectivity index (χ0v) is 14.7. The number of amides is 1. The molecule has 0 atom stereocenters. The van der Waals surface area contributed by atoms with Crippen LogP contribution in [0.1, 0.15) is 10.5 Å². The third-order valence-corrected chi connectivity index (χ3v) is 6.39. The number of para-hydroxylation sites is 1. The summed E-state index contributed by atoms with van der Waals surface area (Å²) in [5.74, 6) is -1.52. The maximum Gasteiger partial charge on any atom is 0.278 e. The number of rotatable bonds is 4. The molecule has 0 aliphatic carbocycles. The lowest BCUT2D eigenvalue weighted by Gasteiger charge is -2.06. The van der Waals surface area contributed by atoms with Gasteiger partial charge >= 0.3 is 0 Å². The molecule has 1 aromatic heterocycles. The maximum absolute atomic E-state index is 13.6. The number of aromatic nitrogens is 2. The minimum Gasteiger partial charge on any atom is -0.318 e. The number of carbonyl (C=O) groups is 1. The van der Waals surface area contributed by atoms with Crippen LogP contribution in [0, 0.1) is 5.82 Å². The molecule has 6 nitrogen and oxygen atoms in total. The lowest BCUT2D eigenvalue weighted by atomic mass is 10.3. The van der Waals surface area contributed by atoms with Gasteiger partial charge in [0.05, 0.1) is 10.6 Å². The Bertz CT molecular complexity index is 1040. The van der Waals surface area contributed by atoms with Crippen molar-refractivity contribution in [2.45, 2.75) is 9.10 Å². The molecule has 10 heteroatoms. The Morgan fingerprint density at radius 2 is 1.80 bits per heavy atom. The van der Waals surface area contributed by atoms with E-state index in [0.29, 0.717) is 16.6 Å². The standard InChI is InChI=1S/C15H9ClFN3O3S2/c16-9-5-7-10(8-6-9)25(22,23)15-13(19-20-24-15)14(21)18-12-4-2-1-3-11(12)17/h1-8H,(H,18,21). The van der Waals surface area contributed by atoms with Crippen LogP contribution in [0.15, 0.2) is 57.6 Å². The van der Waals surface area contributed by atoms with Gasteiger partial charge in [0.25, 0.3) is 5.91 Å². The van der Waals surface area contributed by atoms with Crippen LogP contribution in [0.4, 0.5) is 10.1 Å². The number of benzene rings is 2. The monoisotopic (exact) mass is 397 g/mol. The minimum absolute atomic E-state index is 0.0529. The van der Waals surface area contributed by atoms with E-state index >= 15 is 0 Å². The van der Waals surface area contributed by atoms with Crippen LogP contribution in [0.3, 0.4) is 0 Å². The third-order valence-electron chi connectivity index (χ3n) is 3.16. The van der Waals surface area contributed by atoms with Crippen LogP contribution in [0.25, 0.3) is 0 Å². The summed E-state index contributed by atoms with van der Waals surface area (Å²) in [6.07, 6.45) is 0. The van der Waals surface area contributed by atoms with Gasteiger partial charge in [0.1, 0.15) is 5.82 Å². The number of nitrogens with one attached hydrogen (secondary N) is 1. The molecular formula is C15H9ClFN3O3S2. The predicted molar refractivity (Wildman–Crippen MR) is 91.2 cm³/mol. The lowest BCUT2D eigenvalue weighted by Crippen LogP contribution is -2.17. The highest BCUT2D eigenvalue weighted by Gasteiger charge is 2.29. The number of anilines is 1. The van der Waals surface area contributed by atoms with Crippen molar-refractivity contribution in [3.63, 3.8) is 0 Å². The number of hydrogen-bond acceptors (Lipinski definition) is 6. The second kappa shape index (κ2) is 6.87.